The minimum absolute atomic E-state index is 0.820. The van der Waals surface area contributed by atoms with Crippen molar-refractivity contribution in [2.75, 3.05) is 16.9 Å². The van der Waals surface area contributed by atoms with Gasteiger partial charge >= 0.3 is 0 Å². The van der Waals surface area contributed by atoms with Crippen LogP contribution in [0.15, 0.2) is 59.8 Å². The second-order valence-electron chi connectivity index (χ2n) is 7.14. The van der Waals surface area contributed by atoms with E-state index in [0.717, 1.165) is 39.3 Å². The van der Waals surface area contributed by atoms with Gasteiger partial charge in [0, 0.05) is 21.9 Å². The van der Waals surface area contributed by atoms with Crippen LogP contribution in [0.1, 0.15) is 23.3 Å². The molecular weight excluding hydrogens is 396 g/mol. The van der Waals surface area contributed by atoms with Gasteiger partial charge in [-0.05, 0) is 73.9 Å². The number of fused-ring (bicyclic) bond motifs is 3. The van der Waals surface area contributed by atoms with Crippen LogP contribution in [0.2, 0.25) is 0 Å². The lowest BCUT2D eigenvalue weighted by molar-refractivity contribution is 0.700. The van der Waals surface area contributed by atoms with Crippen LogP contribution in [-0.2, 0) is 12.8 Å². The number of nitrogens with one attached hydrogen (secondary N) is 2. The number of benzene rings is 2. The van der Waals surface area contributed by atoms with Crippen molar-refractivity contribution in [3.63, 3.8) is 0 Å². The molecule has 6 heteroatoms. The molecular formula is C23H22N4S2. The molecule has 4 nitrogen and oxygen atoms in total. The molecule has 0 saturated carbocycles. The maximum Gasteiger partial charge on any atom is 0.190 e. The minimum atomic E-state index is 0.820. The van der Waals surface area contributed by atoms with Gasteiger partial charge < -0.3 is 10.6 Å². The van der Waals surface area contributed by atoms with Crippen LogP contribution in [0.4, 0.5) is 22.9 Å². The largest absolute Gasteiger partial charge is 0.356 e. The van der Waals surface area contributed by atoms with Gasteiger partial charge in [0.1, 0.15) is 10.6 Å². The standard InChI is InChI=1S/C23H22N4S2/c1-28-23-26-21(20-18-9-5-6-10-19(18)29-22(20)27-23)25-17-13-11-16(12-14-17)24-15-7-3-2-4-8-15/h2-4,7-8,11-14,24H,5-6,9-10H2,1H3,(H,25,26,27). The van der Waals surface area contributed by atoms with Crippen molar-refractivity contribution in [2.24, 2.45) is 0 Å². The number of aryl methyl sites for hydroxylation is 2. The Labute approximate surface area is 178 Å². The molecule has 2 aromatic carbocycles. The van der Waals surface area contributed by atoms with Gasteiger partial charge in [0.05, 0.1) is 5.39 Å². The Morgan fingerprint density at radius 3 is 2.28 bits per heavy atom. The molecule has 2 heterocycles. The van der Waals surface area contributed by atoms with Gasteiger partial charge in [-0.1, -0.05) is 30.0 Å². The van der Waals surface area contributed by atoms with E-state index in [2.05, 4.69) is 47.0 Å². The molecule has 1 aliphatic carbocycles. The van der Waals surface area contributed by atoms with E-state index in [1.165, 1.54) is 35.1 Å². The van der Waals surface area contributed by atoms with Crippen LogP contribution >= 0.6 is 23.1 Å². The van der Waals surface area contributed by atoms with Crippen LogP contribution in [-0.4, -0.2) is 16.2 Å². The lowest BCUT2D eigenvalue weighted by Crippen LogP contribution is -2.02. The van der Waals surface area contributed by atoms with Gasteiger partial charge in [0.15, 0.2) is 5.16 Å². The summed E-state index contributed by atoms with van der Waals surface area (Å²) in [6.45, 7) is 0. The number of para-hydroxylation sites is 1. The first-order chi connectivity index (χ1) is 14.3. The third-order valence-corrected chi connectivity index (χ3v) is 6.92. The summed E-state index contributed by atoms with van der Waals surface area (Å²) in [5.41, 5.74) is 4.63. The van der Waals surface area contributed by atoms with E-state index in [4.69, 9.17) is 9.97 Å². The fraction of sp³-hybridized carbons (Fsp3) is 0.217. The average molecular weight is 419 g/mol. The van der Waals surface area contributed by atoms with E-state index in [9.17, 15) is 0 Å². The molecule has 0 aliphatic heterocycles. The third-order valence-electron chi connectivity index (χ3n) is 5.19. The average Bonchev–Trinajstić information content (AvgIpc) is 3.14. The van der Waals surface area contributed by atoms with Crippen molar-refractivity contribution in [3.8, 4) is 0 Å². The molecule has 0 saturated heterocycles. The highest BCUT2D eigenvalue weighted by Gasteiger charge is 2.21. The molecule has 0 fully saturated rings. The zero-order valence-corrected chi connectivity index (χ0v) is 17.9. The lowest BCUT2D eigenvalue weighted by Gasteiger charge is -2.13. The van der Waals surface area contributed by atoms with E-state index in [1.807, 2.05) is 35.8 Å². The predicted octanol–water partition coefficient (Wildman–Crippen LogP) is 6.78. The number of nitrogens with zero attached hydrogens (tertiary/aromatic N) is 2. The van der Waals surface area contributed by atoms with Crippen LogP contribution in [0.5, 0.6) is 0 Å². The first kappa shape index (κ1) is 18.5. The van der Waals surface area contributed by atoms with Crippen LogP contribution in [0.3, 0.4) is 0 Å². The van der Waals surface area contributed by atoms with Crippen molar-refractivity contribution in [3.05, 3.63) is 65.0 Å². The summed E-state index contributed by atoms with van der Waals surface area (Å²) < 4.78 is 0. The fourth-order valence-electron chi connectivity index (χ4n) is 3.78. The quantitative estimate of drug-likeness (QED) is 0.276. The van der Waals surface area contributed by atoms with Crippen molar-refractivity contribution < 1.29 is 0 Å². The third kappa shape index (κ3) is 3.82. The molecule has 0 spiro atoms. The molecule has 0 radical (unpaired) electrons. The Kier molecular flexibility index (Phi) is 5.12. The van der Waals surface area contributed by atoms with Gasteiger partial charge in [-0.2, -0.15) is 0 Å². The van der Waals surface area contributed by atoms with Gasteiger partial charge in [0.2, 0.25) is 0 Å². The first-order valence-corrected chi connectivity index (χ1v) is 11.9. The van der Waals surface area contributed by atoms with Crippen LogP contribution < -0.4 is 10.6 Å². The summed E-state index contributed by atoms with van der Waals surface area (Å²) in [6, 6.07) is 18.6. The molecule has 0 atom stereocenters. The van der Waals surface area contributed by atoms with Gasteiger partial charge in [-0.3, -0.25) is 0 Å². The molecule has 146 valence electrons. The zero-order valence-electron chi connectivity index (χ0n) is 16.2. The summed E-state index contributed by atoms with van der Waals surface area (Å²) in [7, 11) is 0. The minimum Gasteiger partial charge on any atom is -0.356 e. The first-order valence-electron chi connectivity index (χ1n) is 9.85. The van der Waals surface area contributed by atoms with E-state index in [-0.39, 0.29) is 0 Å². The van der Waals surface area contributed by atoms with E-state index in [0.29, 0.717) is 0 Å². The summed E-state index contributed by atoms with van der Waals surface area (Å²) in [4.78, 5) is 12.2. The Hall–Kier alpha value is -2.57. The fourth-order valence-corrected chi connectivity index (χ4v) is 5.47. The van der Waals surface area contributed by atoms with E-state index in [1.54, 1.807) is 11.8 Å². The molecule has 2 aromatic heterocycles. The Balaban J connectivity index is 1.46. The lowest BCUT2D eigenvalue weighted by atomic mass is 9.97. The SMILES string of the molecule is CSc1nc(Nc2ccc(Nc3ccccc3)cc2)c2c3c(sc2n1)CCCC3. The van der Waals surface area contributed by atoms with Gasteiger partial charge in [-0.25, -0.2) is 9.97 Å². The summed E-state index contributed by atoms with van der Waals surface area (Å²) in [6.07, 6.45) is 6.86. The van der Waals surface area contributed by atoms with Crippen molar-refractivity contribution in [1.82, 2.24) is 9.97 Å². The number of rotatable bonds is 5. The van der Waals surface area contributed by atoms with Gasteiger partial charge in [0.25, 0.3) is 0 Å². The molecule has 0 unspecified atom stereocenters. The number of aromatic nitrogens is 2. The summed E-state index contributed by atoms with van der Waals surface area (Å²) in [5.74, 6) is 0.933. The monoisotopic (exact) mass is 418 g/mol. The van der Waals surface area contributed by atoms with Gasteiger partial charge in [-0.15, -0.1) is 11.3 Å². The Bertz CT molecular complexity index is 1140. The maximum absolute atomic E-state index is 4.82. The molecule has 0 amide bonds. The number of thiophene rings is 1. The molecule has 2 N–H and O–H groups in total. The highest BCUT2D eigenvalue weighted by molar-refractivity contribution is 7.98. The second-order valence-corrected chi connectivity index (χ2v) is 9.00. The molecule has 1 aliphatic rings. The molecule has 0 bridgehead atoms. The topological polar surface area (TPSA) is 49.8 Å². The smallest absolute Gasteiger partial charge is 0.190 e. The van der Waals surface area contributed by atoms with Crippen molar-refractivity contribution in [2.45, 2.75) is 30.8 Å². The maximum atomic E-state index is 4.82. The zero-order chi connectivity index (χ0) is 19.6. The van der Waals surface area contributed by atoms with Crippen LogP contribution in [0.25, 0.3) is 10.2 Å². The number of hydrogen-bond donors (Lipinski definition) is 2. The van der Waals surface area contributed by atoms with Crippen LogP contribution in [0, 0.1) is 0 Å². The second kappa shape index (κ2) is 8.05. The highest BCUT2D eigenvalue weighted by atomic mass is 32.2. The number of anilines is 4. The Morgan fingerprint density at radius 2 is 1.52 bits per heavy atom. The number of thioether (sulfide) groups is 1. The molecule has 5 rings (SSSR count). The Morgan fingerprint density at radius 1 is 0.828 bits per heavy atom. The highest BCUT2D eigenvalue weighted by Crippen LogP contribution is 2.40. The van der Waals surface area contributed by atoms with Crippen molar-refractivity contribution in [1.29, 1.82) is 0 Å². The summed E-state index contributed by atoms with van der Waals surface area (Å²) in [5, 5.41) is 9.02. The number of hydrogen-bond acceptors (Lipinski definition) is 6. The molecule has 29 heavy (non-hydrogen) atoms. The normalized spacial score (nSPS) is 13.3. The molecule has 4 aromatic rings. The van der Waals surface area contributed by atoms with Crippen molar-refractivity contribution >= 4 is 56.2 Å². The van der Waals surface area contributed by atoms with E-state index >= 15 is 0 Å². The predicted molar refractivity (Wildman–Crippen MR) is 125 cm³/mol. The summed E-state index contributed by atoms with van der Waals surface area (Å²) >= 11 is 3.44. The van der Waals surface area contributed by atoms with E-state index < -0.39 is 0 Å².